The zero-order chi connectivity index (χ0) is 10.9. The van der Waals surface area contributed by atoms with Gasteiger partial charge in [-0.25, -0.2) is 0 Å². The Morgan fingerprint density at radius 1 is 0.692 bits per heavy atom. The molecule has 0 aromatic carbocycles. The average molecular weight is 447 g/mol. The van der Waals surface area contributed by atoms with Crippen LogP contribution in [0.1, 0.15) is 0 Å². The van der Waals surface area contributed by atoms with Gasteiger partial charge in [0.2, 0.25) is 0 Å². The van der Waals surface area contributed by atoms with Crippen molar-refractivity contribution < 1.29 is 33.1 Å². The molecule has 0 radical (unpaired) electrons. The van der Waals surface area contributed by atoms with E-state index in [0.29, 0.717) is 0 Å². The van der Waals surface area contributed by atoms with Gasteiger partial charge in [0.05, 0.1) is 0 Å². The maximum absolute atomic E-state index is 9.17. The first-order valence-electron chi connectivity index (χ1n) is 2.28. The Balaban J connectivity index is 4.54. The van der Waals surface area contributed by atoms with Crippen molar-refractivity contribution in [3.05, 3.63) is 0 Å². The molecule has 0 rings (SSSR count). The number of rotatable bonds is 4. The quantitative estimate of drug-likeness (QED) is 0.264. The fraction of sp³-hybridized carbons (Fsp3) is 0. The summed E-state index contributed by atoms with van der Waals surface area (Å²) in [4.78, 5) is 44.2. The molecular formula is H5O7P3Se3. The molecule has 0 aliphatic heterocycles. The topological polar surface area (TPSA) is 120 Å². The minimum atomic E-state index is -3.82. The van der Waals surface area contributed by atoms with Gasteiger partial charge in [0, 0.05) is 0 Å². The van der Waals surface area contributed by atoms with E-state index in [1.165, 1.54) is 0 Å². The van der Waals surface area contributed by atoms with Crippen molar-refractivity contribution in [2.45, 2.75) is 0 Å². The fourth-order valence-corrected chi connectivity index (χ4v) is 13.6. The standard InChI is InChI=1S/H5O7P3Se3/c1-8(2,11)6-10(5,13)7-9(3,4)12/h(H,5,13)(H2,1,2,11)(H2,3,4,12). The number of hydrogen-bond donors (Lipinski definition) is 5. The van der Waals surface area contributed by atoms with E-state index in [0.717, 1.165) is 0 Å². The average Bonchev–Trinajstić information content (AvgIpc) is 1.43. The molecule has 0 saturated carbocycles. The predicted octanol–water partition coefficient (Wildman–Crippen LogP) is -1.48. The maximum atomic E-state index is 9.17. The van der Waals surface area contributed by atoms with Crippen LogP contribution in [-0.2, 0) is 8.62 Å². The van der Waals surface area contributed by atoms with Crippen LogP contribution >= 0.6 is 18.6 Å². The molecule has 0 heterocycles. The molecule has 0 saturated heterocycles. The molecular weight excluding hydrogens is 442 g/mol. The van der Waals surface area contributed by atoms with Crippen LogP contribution in [0, 0.1) is 0 Å². The van der Waals surface area contributed by atoms with Crippen LogP contribution in [0.3, 0.4) is 0 Å². The summed E-state index contributed by atoms with van der Waals surface area (Å²) < 4.78 is 8.49. The van der Waals surface area contributed by atoms with E-state index in [4.69, 9.17) is 19.6 Å². The second kappa shape index (κ2) is 5.27. The first-order valence-corrected chi connectivity index (χ1v) is 13.7. The van der Waals surface area contributed by atoms with Crippen LogP contribution < -0.4 is 0 Å². The summed E-state index contributed by atoms with van der Waals surface area (Å²) in [5.41, 5.74) is 0. The van der Waals surface area contributed by atoms with Gasteiger partial charge in [0.15, 0.2) is 0 Å². The second-order valence-corrected chi connectivity index (χ2v) is 14.7. The summed E-state index contributed by atoms with van der Waals surface area (Å²) in [6.07, 6.45) is -11.4. The molecule has 0 fully saturated rings. The van der Waals surface area contributed by atoms with Crippen LogP contribution in [0.4, 0.5) is 0 Å². The van der Waals surface area contributed by atoms with E-state index in [1.54, 1.807) is 0 Å². The van der Waals surface area contributed by atoms with Gasteiger partial charge in [-0.15, -0.1) is 0 Å². The van der Waals surface area contributed by atoms with Gasteiger partial charge in [0.1, 0.15) is 0 Å². The Morgan fingerprint density at radius 3 is 1.08 bits per heavy atom. The van der Waals surface area contributed by atoms with E-state index >= 15 is 0 Å². The second-order valence-electron chi connectivity index (χ2n) is 1.61. The molecule has 5 N–H and O–H groups in total. The SMILES string of the molecule is OP(O)(=[Se])OP(O)(=[Se])OP(O)(O)=[Se]. The summed E-state index contributed by atoms with van der Waals surface area (Å²) >= 11 is 5.69. The zero-order valence-corrected chi connectivity index (χ0v) is 13.4. The van der Waals surface area contributed by atoms with E-state index < -0.39 is 18.6 Å². The molecule has 0 spiro atoms. The molecule has 0 unspecified atom stereocenters. The van der Waals surface area contributed by atoms with Gasteiger partial charge in [-0.1, -0.05) is 0 Å². The Morgan fingerprint density at radius 2 is 0.923 bits per heavy atom. The van der Waals surface area contributed by atoms with Crippen molar-refractivity contribution in [1.82, 2.24) is 0 Å². The molecule has 7 nitrogen and oxygen atoms in total. The third-order valence-electron chi connectivity index (χ3n) is 0.419. The molecule has 0 aromatic rings. The van der Waals surface area contributed by atoms with Crippen LogP contribution in [0.5, 0.6) is 0 Å². The Kier molecular flexibility index (Phi) is 6.31. The van der Waals surface area contributed by atoms with Crippen molar-refractivity contribution in [3.8, 4) is 0 Å². The summed E-state index contributed by atoms with van der Waals surface area (Å²) in [7, 11) is 0. The Bertz CT molecular complexity index is 281. The third-order valence-corrected chi connectivity index (χ3v) is 8.81. The molecule has 0 bridgehead atoms. The van der Waals surface area contributed by atoms with Crippen molar-refractivity contribution in [3.63, 3.8) is 0 Å². The van der Waals surface area contributed by atoms with E-state index in [2.05, 4.69) is 8.62 Å². The van der Waals surface area contributed by atoms with E-state index in [1.807, 2.05) is 45.3 Å². The summed E-state index contributed by atoms with van der Waals surface area (Å²) in [6, 6.07) is 0. The monoisotopic (exact) mass is 450 g/mol. The number of hydrogen-bond acceptors (Lipinski definition) is 7. The summed E-state index contributed by atoms with van der Waals surface area (Å²) in [5.74, 6) is 0. The predicted molar refractivity (Wildman–Crippen MR) is 51.3 cm³/mol. The van der Waals surface area contributed by atoms with Crippen molar-refractivity contribution >= 4 is 63.9 Å². The molecule has 0 aliphatic rings. The third kappa shape index (κ3) is 10.8. The summed E-state index contributed by atoms with van der Waals surface area (Å²) in [5, 5.41) is 0. The first kappa shape index (κ1) is 15.6. The van der Waals surface area contributed by atoms with Crippen LogP contribution in [0.2, 0.25) is 0 Å². The van der Waals surface area contributed by atoms with Crippen molar-refractivity contribution in [2.75, 3.05) is 0 Å². The van der Waals surface area contributed by atoms with Crippen LogP contribution in [-0.4, -0.2) is 69.8 Å². The first-order chi connectivity index (χ1) is 5.41. The Hall–Kier alpha value is 2.57. The van der Waals surface area contributed by atoms with Gasteiger partial charge in [-0.3, -0.25) is 0 Å². The molecule has 0 aromatic heterocycles. The van der Waals surface area contributed by atoms with E-state index in [-0.39, 0.29) is 0 Å². The van der Waals surface area contributed by atoms with Gasteiger partial charge < -0.3 is 0 Å². The normalized spacial score (nSPS) is 14.5. The summed E-state index contributed by atoms with van der Waals surface area (Å²) in [6.45, 7) is 0. The van der Waals surface area contributed by atoms with Gasteiger partial charge in [-0.2, -0.15) is 0 Å². The van der Waals surface area contributed by atoms with Crippen LogP contribution in [0.25, 0.3) is 0 Å². The Labute approximate surface area is 96.5 Å². The zero-order valence-electron chi connectivity index (χ0n) is 5.62. The van der Waals surface area contributed by atoms with Crippen molar-refractivity contribution in [2.24, 2.45) is 0 Å². The van der Waals surface area contributed by atoms with E-state index in [9.17, 15) is 4.89 Å². The van der Waals surface area contributed by atoms with Gasteiger partial charge in [0.25, 0.3) is 0 Å². The molecule has 13 heteroatoms. The molecule has 80 valence electrons. The fourth-order valence-electron chi connectivity index (χ4n) is 0.284. The molecule has 13 heavy (non-hydrogen) atoms. The molecule has 0 aliphatic carbocycles. The van der Waals surface area contributed by atoms with Crippen molar-refractivity contribution in [1.29, 1.82) is 0 Å². The minimum absolute atomic E-state index is 1.86. The molecule has 0 amide bonds. The van der Waals surface area contributed by atoms with Gasteiger partial charge >= 0.3 is 97.0 Å². The molecule has 0 atom stereocenters. The van der Waals surface area contributed by atoms with Crippen LogP contribution in [0.15, 0.2) is 0 Å². The van der Waals surface area contributed by atoms with Gasteiger partial charge in [-0.05, 0) is 0 Å².